The maximum atomic E-state index is 12.6. The number of urea groups is 1. The van der Waals surface area contributed by atoms with Crippen LogP contribution in [0.2, 0.25) is 0 Å². The number of rotatable bonds is 4. The molecule has 8 nitrogen and oxygen atoms in total. The van der Waals surface area contributed by atoms with Gasteiger partial charge in [-0.3, -0.25) is 0 Å². The van der Waals surface area contributed by atoms with Gasteiger partial charge in [-0.05, 0) is 38.3 Å². The van der Waals surface area contributed by atoms with Crippen molar-refractivity contribution in [2.45, 2.75) is 45.1 Å². The van der Waals surface area contributed by atoms with Crippen LogP contribution in [0.5, 0.6) is 0 Å². The minimum atomic E-state index is -0.270. The van der Waals surface area contributed by atoms with Gasteiger partial charge in [-0.1, -0.05) is 24.2 Å². The van der Waals surface area contributed by atoms with E-state index < -0.39 is 0 Å². The summed E-state index contributed by atoms with van der Waals surface area (Å²) in [5.74, 6) is 2.02. The van der Waals surface area contributed by atoms with Crippen molar-refractivity contribution < 1.29 is 13.7 Å². The number of oxazole rings is 1. The van der Waals surface area contributed by atoms with Gasteiger partial charge in [0.2, 0.25) is 5.89 Å². The van der Waals surface area contributed by atoms with Crippen molar-refractivity contribution >= 4 is 17.1 Å². The SMILES string of the molecule is CC[C@@H](NC(=O)N1CCC(c2nc3ccccc3o2)CC1)c1nc(C)no1. The molecule has 0 bridgehead atoms. The Morgan fingerprint density at radius 2 is 2.07 bits per heavy atom. The van der Waals surface area contributed by atoms with E-state index in [-0.39, 0.29) is 18.0 Å². The van der Waals surface area contributed by atoms with Crippen molar-refractivity contribution in [3.63, 3.8) is 0 Å². The monoisotopic (exact) mass is 369 g/mol. The highest BCUT2D eigenvalue weighted by molar-refractivity contribution is 5.75. The molecular weight excluding hydrogens is 346 g/mol. The van der Waals surface area contributed by atoms with Crippen LogP contribution < -0.4 is 5.32 Å². The molecule has 0 spiro atoms. The van der Waals surface area contributed by atoms with E-state index in [9.17, 15) is 4.79 Å². The van der Waals surface area contributed by atoms with Crippen molar-refractivity contribution in [2.24, 2.45) is 0 Å². The second-order valence-corrected chi connectivity index (χ2v) is 6.87. The summed E-state index contributed by atoms with van der Waals surface area (Å²) in [6, 6.07) is 7.41. The van der Waals surface area contributed by atoms with Crippen molar-refractivity contribution in [2.75, 3.05) is 13.1 Å². The Kier molecular flexibility index (Phi) is 4.79. The average Bonchev–Trinajstić information content (AvgIpc) is 3.32. The van der Waals surface area contributed by atoms with Gasteiger partial charge >= 0.3 is 6.03 Å². The van der Waals surface area contributed by atoms with Gasteiger partial charge in [0, 0.05) is 19.0 Å². The highest BCUT2D eigenvalue weighted by Gasteiger charge is 2.29. The summed E-state index contributed by atoms with van der Waals surface area (Å²) in [6.45, 7) is 5.06. The molecule has 0 saturated carbocycles. The number of amides is 2. The average molecular weight is 369 g/mol. The van der Waals surface area contributed by atoms with Gasteiger partial charge in [-0.15, -0.1) is 0 Å². The number of aryl methyl sites for hydroxylation is 1. The van der Waals surface area contributed by atoms with Crippen molar-refractivity contribution in [3.05, 3.63) is 41.9 Å². The summed E-state index contributed by atoms with van der Waals surface area (Å²) in [5.41, 5.74) is 1.70. The molecular formula is C19H23N5O3. The zero-order chi connectivity index (χ0) is 18.8. The van der Waals surface area contributed by atoms with E-state index in [0.29, 0.717) is 31.2 Å². The molecule has 27 heavy (non-hydrogen) atoms. The number of piperidine rings is 1. The highest BCUT2D eigenvalue weighted by Crippen LogP contribution is 2.30. The van der Waals surface area contributed by atoms with Crippen LogP contribution in [0.1, 0.15) is 55.8 Å². The first-order valence-electron chi connectivity index (χ1n) is 9.35. The second-order valence-electron chi connectivity index (χ2n) is 6.87. The Balaban J connectivity index is 1.36. The van der Waals surface area contributed by atoms with Gasteiger partial charge in [0.15, 0.2) is 17.3 Å². The van der Waals surface area contributed by atoms with Crippen LogP contribution >= 0.6 is 0 Å². The first-order chi connectivity index (χ1) is 13.1. The topological polar surface area (TPSA) is 97.3 Å². The fourth-order valence-electron chi connectivity index (χ4n) is 3.43. The number of hydrogen-bond acceptors (Lipinski definition) is 6. The van der Waals surface area contributed by atoms with Gasteiger partial charge in [0.25, 0.3) is 0 Å². The van der Waals surface area contributed by atoms with Crippen LogP contribution in [-0.2, 0) is 0 Å². The number of para-hydroxylation sites is 2. The lowest BCUT2D eigenvalue weighted by Crippen LogP contribution is -2.45. The second kappa shape index (κ2) is 7.38. The van der Waals surface area contributed by atoms with E-state index in [4.69, 9.17) is 8.94 Å². The lowest BCUT2D eigenvalue weighted by molar-refractivity contribution is 0.171. The molecule has 3 aromatic rings. The normalized spacial score (nSPS) is 16.6. The number of nitrogens with one attached hydrogen (secondary N) is 1. The molecule has 8 heteroatoms. The Morgan fingerprint density at radius 1 is 1.30 bits per heavy atom. The quantitative estimate of drug-likeness (QED) is 0.755. The Bertz CT molecular complexity index is 893. The lowest BCUT2D eigenvalue weighted by Gasteiger charge is -2.31. The summed E-state index contributed by atoms with van der Waals surface area (Å²) in [6.07, 6.45) is 2.35. The summed E-state index contributed by atoms with van der Waals surface area (Å²) < 4.78 is 11.1. The smallest absolute Gasteiger partial charge is 0.318 e. The van der Waals surface area contributed by atoms with E-state index in [1.807, 2.05) is 36.1 Å². The summed E-state index contributed by atoms with van der Waals surface area (Å²) in [4.78, 5) is 23.3. The van der Waals surface area contributed by atoms with E-state index in [2.05, 4.69) is 20.4 Å². The molecule has 1 fully saturated rings. The van der Waals surface area contributed by atoms with E-state index in [1.165, 1.54) is 0 Å². The maximum absolute atomic E-state index is 12.6. The molecule has 0 unspecified atom stereocenters. The van der Waals surface area contributed by atoms with Crippen LogP contribution in [0.4, 0.5) is 4.79 Å². The van der Waals surface area contributed by atoms with Gasteiger partial charge in [0.1, 0.15) is 11.6 Å². The Hall–Kier alpha value is -2.90. The van der Waals surface area contributed by atoms with Crippen LogP contribution in [0, 0.1) is 6.92 Å². The molecule has 0 radical (unpaired) electrons. The Morgan fingerprint density at radius 3 is 2.74 bits per heavy atom. The van der Waals surface area contributed by atoms with E-state index in [0.717, 1.165) is 29.8 Å². The van der Waals surface area contributed by atoms with Crippen molar-refractivity contribution in [1.82, 2.24) is 25.3 Å². The zero-order valence-electron chi connectivity index (χ0n) is 15.5. The summed E-state index contributed by atoms with van der Waals surface area (Å²) in [7, 11) is 0. The van der Waals surface area contributed by atoms with Gasteiger partial charge in [-0.25, -0.2) is 9.78 Å². The first kappa shape index (κ1) is 17.5. The number of likely N-dealkylation sites (tertiary alicyclic amines) is 1. The van der Waals surface area contributed by atoms with E-state index in [1.54, 1.807) is 6.92 Å². The lowest BCUT2D eigenvalue weighted by atomic mass is 9.97. The molecule has 1 aliphatic heterocycles. The van der Waals surface area contributed by atoms with Crippen LogP contribution in [0.15, 0.2) is 33.2 Å². The number of carbonyl (C=O) groups excluding carboxylic acids is 1. The minimum Gasteiger partial charge on any atom is -0.440 e. The molecule has 2 aromatic heterocycles. The fourth-order valence-corrected chi connectivity index (χ4v) is 3.43. The van der Waals surface area contributed by atoms with Gasteiger partial charge < -0.3 is 19.2 Å². The third-order valence-corrected chi connectivity index (χ3v) is 4.99. The molecule has 1 N–H and O–H groups in total. The van der Waals surface area contributed by atoms with E-state index >= 15 is 0 Å². The molecule has 3 heterocycles. The highest BCUT2D eigenvalue weighted by atomic mass is 16.5. The molecule has 1 saturated heterocycles. The maximum Gasteiger partial charge on any atom is 0.318 e. The molecule has 0 aliphatic carbocycles. The number of fused-ring (bicyclic) bond motifs is 1. The number of nitrogens with zero attached hydrogens (tertiary/aromatic N) is 4. The minimum absolute atomic E-state index is 0.103. The third kappa shape index (κ3) is 3.65. The molecule has 2 amide bonds. The number of aromatic nitrogens is 3. The molecule has 1 aromatic carbocycles. The third-order valence-electron chi connectivity index (χ3n) is 4.99. The fraction of sp³-hybridized carbons (Fsp3) is 0.474. The largest absolute Gasteiger partial charge is 0.440 e. The molecule has 1 aliphatic rings. The van der Waals surface area contributed by atoms with Gasteiger partial charge in [0.05, 0.1) is 0 Å². The standard InChI is InChI=1S/C19H23N5O3/c1-3-14(18-20-12(2)23-27-18)22-19(25)24-10-8-13(9-11-24)17-21-15-6-4-5-7-16(15)26-17/h4-7,13-14H,3,8-11H2,1-2H3,(H,22,25)/t14-/m1/s1. The molecule has 1 atom stereocenters. The first-order valence-corrected chi connectivity index (χ1v) is 9.35. The number of benzene rings is 1. The predicted octanol–water partition coefficient (Wildman–Crippen LogP) is 3.56. The summed E-state index contributed by atoms with van der Waals surface area (Å²) in [5, 5.41) is 6.79. The zero-order valence-corrected chi connectivity index (χ0v) is 15.5. The predicted molar refractivity (Wildman–Crippen MR) is 98.2 cm³/mol. The Labute approximate surface area is 156 Å². The van der Waals surface area contributed by atoms with Crippen LogP contribution in [0.25, 0.3) is 11.1 Å². The summed E-state index contributed by atoms with van der Waals surface area (Å²) >= 11 is 0. The molecule has 142 valence electrons. The van der Waals surface area contributed by atoms with Crippen LogP contribution in [0.3, 0.4) is 0 Å². The van der Waals surface area contributed by atoms with Crippen LogP contribution in [-0.4, -0.2) is 39.1 Å². The van der Waals surface area contributed by atoms with Crippen molar-refractivity contribution in [3.8, 4) is 0 Å². The molecule has 4 rings (SSSR count). The van der Waals surface area contributed by atoms with Crippen molar-refractivity contribution in [1.29, 1.82) is 0 Å². The van der Waals surface area contributed by atoms with Gasteiger partial charge in [-0.2, -0.15) is 4.98 Å². The number of hydrogen-bond donors (Lipinski definition) is 1. The number of carbonyl (C=O) groups is 1.